The average Bonchev–Trinajstić information content (AvgIpc) is 2.26. The average molecular weight is 203 g/mol. The van der Waals surface area contributed by atoms with Crippen LogP contribution in [0.1, 0.15) is 51.4 Å². The third-order valence-electron chi connectivity index (χ3n) is 2.36. The molecule has 0 fully saturated rings. The molecule has 0 heterocycles. The van der Waals surface area contributed by atoms with Crippen LogP contribution in [0.5, 0.6) is 0 Å². The van der Waals surface area contributed by atoms with Gasteiger partial charge in [-0.3, -0.25) is 0 Å². The summed E-state index contributed by atoms with van der Waals surface area (Å²) >= 11 is 0. The van der Waals surface area contributed by atoms with Gasteiger partial charge in [-0.05, 0) is 12.8 Å². The number of unbranched alkanes of at least 4 members (excludes halogenated alkanes) is 5. The highest BCUT2D eigenvalue weighted by molar-refractivity contribution is 4.89. The van der Waals surface area contributed by atoms with Crippen molar-refractivity contribution in [2.45, 2.75) is 51.4 Å². The first-order chi connectivity index (χ1) is 7.35. The molecule has 1 unspecified atom stereocenters. The molecule has 0 aliphatic heterocycles. The summed E-state index contributed by atoms with van der Waals surface area (Å²) in [6, 6.07) is 6.30. The Balaban J connectivity index is 3.28. The summed E-state index contributed by atoms with van der Waals surface area (Å²) in [5.41, 5.74) is 0. The van der Waals surface area contributed by atoms with Gasteiger partial charge in [-0.25, -0.2) is 0 Å². The Morgan fingerprint density at radius 3 is 2.07 bits per heavy atom. The van der Waals surface area contributed by atoms with E-state index in [1.807, 2.05) is 6.07 Å². The van der Waals surface area contributed by atoms with E-state index in [4.69, 9.17) is 15.8 Å². The fourth-order valence-corrected chi connectivity index (χ4v) is 1.45. The summed E-state index contributed by atoms with van der Waals surface area (Å²) in [7, 11) is 0. The second-order valence-corrected chi connectivity index (χ2v) is 3.65. The number of hydrogen-bond acceptors (Lipinski definition) is 3. The van der Waals surface area contributed by atoms with E-state index in [2.05, 4.69) is 12.1 Å². The summed E-state index contributed by atoms with van der Waals surface area (Å²) in [5, 5.41) is 25.4. The largest absolute Gasteiger partial charge is 0.198 e. The van der Waals surface area contributed by atoms with Crippen LogP contribution in [0, 0.1) is 39.9 Å². The summed E-state index contributed by atoms with van der Waals surface area (Å²) < 4.78 is 0. The molecule has 0 aromatic carbocycles. The van der Waals surface area contributed by atoms with Crippen LogP contribution in [0.4, 0.5) is 0 Å². The van der Waals surface area contributed by atoms with E-state index in [0.717, 1.165) is 38.5 Å². The van der Waals surface area contributed by atoms with Crippen molar-refractivity contribution in [1.29, 1.82) is 15.8 Å². The molecular formula is C12H17N3. The molecule has 0 aliphatic rings. The summed E-state index contributed by atoms with van der Waals surface area (Å²) in [5.74, 6) is -0.0888. The van der Waals surface area contributed by atoms with E-state index >= 15 is 0 Å². The highest BCUT2D eigenvalue weighted by Crippen LogP contribution is 2.13. The van der Waals surface area contributed by atoms with Crippen molar-refractivity contribution in [2.24, 2.45) is 5.92 Å². The van der Waals surface area contributed by atoms with Crippen molar-refractivity contribution >= 4 is 0 Å². The van der Waals surface area contributed by atoms with Gasteiger partial charge in [0, 0.05) is 6.42 Å². The van der Waals surface area contributed by atoms with Gasteiger partial charge in [0.15, 0.2) is 0 Å². The number of rotatable bonds is 8. The lowest BCUT2D eigenvalue weighted by Gasteiger charge is -2.03. The van der Waals surface area contributed by atoms with Gasteiger partial charge in [-0.2, -0.15) is 15.8 Å². The molecule has 0 rings (SSSR count). The van der Waals surface area contributed by atoms with Gasteiger partial charge in [-0.1, -0.05) is 25.7 Å². The standard InChI is InChI=1S/C12H17N3/c13-9-6-4-2-1-3-5-7-12(11-15)8-10-14/h12H,1-8H2. The Kier molecular flexibility index (Phi) is 9.47. The van der Waals surface area contributed by atoms with Gasteiger partial charge in [-0.15, -0.1) is 0 Å². The Bertz CT molecular complexity index is 264. The zero-order valence-electron chi connectivity index (χ0n) is 9.08. The molecule has 0 aliphatic carbocycles. The smallest absolute Gasteiger partial charge is 0.0666 e. The first kappa shape index (κ1) is 13.5. The zero-order valence-corrected chi connectivity index (χ0v) is 9.08. The van der Waals surface area contributed by atoms with Crippen molar-refractivity contribution in [3.8, 4) is 18.2 Å². The Morgan fingerprint density at radius 1 is 0.800 bits per heavy atom. The van der Waals surface area contributed by atoms with Crippen LogP contribution >= 0.6 is 0 Å². The second kappa shape index (κ2) is 10.6. The number of nitriles is 3. The zero-order chi connectivity index (χ0) is 11.4. The van der Waals surface area contributed by atoms with Crippen LogP contribution < -0.4 is 0 Å². The van der Waals surface area contributed by atoms with Crippen molar-refractivity contribution in [3.05, 3.63) is 0 Å². The summed E-state index contributed by atoms with van der Waals surface area (Å²) in [4.78, 5) is 0. The van der Waals surface area contributed by atoms with Crippen LogP contribution in [0.3, 0.4) is 0 Å². The topological polar surface area (TPSA) is 71.4 Å². The van der Waals surface area contributed by atoms with Gasteiger partial charge in [0.05, 0.1) is 30.5 Å². The molecule has 0 aromatic heterocycles. The molecule has 0 amide bonds. The molecule has 0 saturated carbocycles. The van der Waals surface area contributed by atoms with Crippen molar-refractivity contribution in [1.82, 2.24) is 0 Å². The summed E-state index contributed by atoms with van der Waals surface area (Å²) in [6.45, 7) is 0. The first-order valence-corrected chi connectivity index (χ1v) is 5.48. The summed E-state index contributed by atoms with van der Waals surface area (Å²) in [6.07, 6.45) is 7.18. The Labute approximate surface area is 91.9 Å². The Morgan fingerprint density at radius 2 is 1.47 bits per heavy atom. The van der Waals surface area contributed by atoms with E-state index < -0.39 is 0 Å². The molecule has 0 aromatic rings. The maximum Gasteiger partial charge on any atom is 0.0666 e. The second-order valence-electron chi connectivity index (χ2n) is 3.65. The predicted molar refractivity (Wildman–Crippen MR) is 57.3 cm³/mol. The molecule has 0 bridgehead atoms. The van der Waals surface area contributed by atoms with E-state index in [-0.39, 0.29) is 5.92 Å². The van der Waals surface area contributed by atoms with E-state index in [9.17, 15) is 0 Å². The molecule has 0 saturated heterocycles. The van der Waals surface area contributed by atoms with Crippen LogP contribution in [-0.4, -0.2) is 0 Å². The van der Waals surface area contributed by atoms with Crippen LogP contribution in [-0.2, 0) is 0 Å². The van der Waals surface area contributed by atoms with Crippen LogP contribution in [0.15, 0.2) is 0 Å². The van der Waals surface area contributed by atoms with Gasteiger partial charge >= 0.3 is 0 Å². The highest BCUT2D eigenvalue weighted by atomic mass is 14.3. The quantitative estimate of drug-likeness (QED) is 0.568. The number of hydrogen-bond donors (Lipinski definition) is 0. The fourth-order valence-electron chi connectivity index (χ4n) is 1.45. The van der Waals surface area contributed by atoms with Gasteiger partial charge < -0.3 is 0 Å². The normalized spacial score (nSPS) is 11.0. The minimum atomic E-state index is -0.0888. The van der Waals surface area contributed by atoms with Gasteiger partial charge in [0.25, 0.3) is 0 Å². The van der Waals surface area contributed by atoms with E-state index in [1.165, 1.54) is 0 Å². The highest BCUT2D eigenvalue weighted by Gasteiger charge is 2.05. The lowest BCUT2D eigenvalue weighted by molar-refractivity contribution is 0.534. The minimum Gasteiger partial charge on any atom is -0.198 e. The maximum absolute atomic E-state index is 8.69. The third kappa shape index (κ3) is 8.79. The van der Waals surface area contributed by atoms with E-state index in [0.29, 0.717) is 12.8 Å². The predicted octanol–water partition coefficient (Wildman–Crippen LogP) is 3.29. The molecule has 0 N–H and O–H groups in total. The molecule has 0 radical (unpaired) electrons. The first-order valence-electron chi connectivity index (χ1n) is 5.48. The molecule has 3 nitrogen and oxygen atoms in total. The molecule has 80 valence electrons. The SMILES string of the molecule is N#CCCCCCCCC(C#N)CC#N. The lowest BCUT2D eigenvalue weighted by Crippen LogP contribution is -1.95. The molecule has 0 spiro atoms. The van der Waals surface area contributed by atoms with Crippen molar-refractivity contribution in [2.75, 3.05) is 0 Å². The van der Waals surface area contributed by atoms with Gasteiger partial charge in [0.1, 0.15) is 0 Å². The monoisotopic (exact) mass is 203 g/mol. The van der Waals surface area contributed by atoms with Crippen LogP contribution in [0.25, 0.3) is 0 Å². The molecular weight excluding hydrogens is 186 g/mol. The lowest BCUT2D eigenvalue weighted by atomic mass is 9.99. The van der Waals surface area contributed by atoms with Gasteiger partial charge in [0.2, 0.25) is 0 Å². The van der Waals surface area contributed by atoms with Crippen molar-refractivity contribution < 1.29 is 0 Å². The molecule has 1 atom stereocenters. The third-order valence-corrected chi connectivity index (χ3v) is 2.36. The number of nitrogens with zero attached hydrogens (tertiary/aromatic N) is 3. The van der Waals surface area contributed by atoms with E-state index in [1.54, 1.807) is 0 Å². The van der Waals surface area contributed by atoms with Crippen LogP contribution in [0.2, 0.25) is 0 Å². The minimum absolute atomic E-state index is 0.0888. The molecule has 3 heteroatoms. The molecule has 15 heavy (non-hydrogen) atoms. The maximum atomic E-state index is 8.69. The fraction of sp³-hybridized carbons (Fsp3) is 0.750. The van der Waals surface area contributed by atoms with Crippen molar-refractivity contribution in [3.63, 3.8) is 0 Å². The Hall–Kier alpha value is -1.53.